The Hall–Kier alpha value is -3.14. The normalized spacial score (nSPS) is 32.5. The Kier molecular flexibility index (Phi) is 7.66. The molecule has 0 heterocycles. The number of esters is 4. The van der Waals surface area contributed by atoms with E-state index >= 15 is 0 Å². The Morgan fingerprint density at radius 2 is 1.49 bits per heavy atom. The summed E-state index contributed by atoms with van der Waals surface area (Å²) >= 11 is 0. The Balaban J connectivity index is 2.46. The number of aliphatic hydroxyl groups excluding tert-OH is 1. The number of phenolic OH excluding ortho intramolecular Hbond substituents is 1. The van der Waals surface area contributed by atoms with Crippen molar-refractivity contribution in [1.82, 2.24) is 0 Å². The van der Waals surface area contributed by atoms with E-state index in [-0.39, 0.29) is 23.7 Å². The first-order valence-electron chi connectivity index (χ1n) is 12.3. The number of phenols is 1. The molecule has 7 atom stereocenters. The van der Waals surface area contributed by atoms with Gasteiger partial charge in [-0.15, -0.1) is 0 Å². The molecule has 0 radical (unpaired) electrons. The van der Waals surface area contributed by atoms with Crippen LogP contribution < -0.4 is 0 Å². The maximum absolute atomic E-state index is 13.5. The third-order valence-corrected chi connectivity index (χ3v) is 7.94. The van der Waals surface area contributed by atoms with Crippen molar-refractivity contribution in [2.24, 2.45) is 11.3 Å². The van der Waals surface area contributed by atoms with Gasteiger partial charge in [-0.2, -0.15) is 0 Å². The summed E-state index contributed by atoms with van der Waals surface area (Å²) in [5, 5.41) is 23.0. The zero-order valence-electron chi connectivity index (χ0n) is 22.5. The molecule has 0 unspecified atom stereocenters. The fourth-order valence-corrected chi connectivity index (χ4v) is 6.43. The molecule has 0 bridgehead atoms. The minimum absolute atomic E-state index is 0.00888. The molecule has 37 heavy (non-hydrogen) atoms. The van der Waals surface area contributed by atoms with Crippen molar-refractivity contribution < 1.29 is 48.3 Å². The predicted octanol–water partition coefficient (Wildman–Crippen LogP) is 2.81. The minimum atomic E-state index is -1.67. The molecule has 2 aliphatic carbocycles. The summed E-state index contributed by atoms with van der Waals surface area (Å²) in [7, 11) is 1.17. The standard InChI is InChI=1S/C27H36O10/c1-12(2)16-9-17-21(18(31)10-16)26(6)19(35-13(3)28)11-20(36-14(4)29)27(7,25(33)34-8)24(26)23(22(17)32)37-15(5)30/h9-10,12,19-20,22-24,31-32H,11H2,1-8H3/t19-,20-,22+,23+,24+,26-,27+/m0/s1. The number of benzene rings is 1. The highest BCUT2D eigenvalue weighted by molar-refractivity contribution is 5.80. The molecular weight excluding hydrogens is 484 g/mol. The number of carbonyl (C=O) groups excluding carboxylic acids is 4. The number of fused-ring (bicyclic) bond motifs is 3. The maximum atomic E-state index is 13.5. The number of rotatable bonds is 5. The van der Waals surface area contributed by atoms with Crippen LogP contribution in [0.1, 0.15) is 83.6 Å². The fourth-order valence-electron chi connectivity index (χ4n) is 6.43. The monoisotopic (exact) mass is 520 g/mol. The van der Waals surface area contributed by atoms with Crippen LogP contribution in [0.5, 0.6) is 5.75 Å². The van der Waals surface area contributed by atoms with E-state index in [9.17, 15) is 29.4 Å². The molecule has 1 aromatic rings. The summed E-state index contributed by atoms with van der Waals surface area (Å²) in [6.45, 7) is 10.6. The SMILES string of the molecule is COC(=O)[C@]1(C)[C@@H](OC(C)=O)C[C@H](OC(C)=O)[C@@]2(C)c3c(O)cc(C(C)C)cc3[C@@H](O)[C@@H](OC(C)=O)[C@@H]12. The van der Waals surface area contributed by atoms with Crippen LogP contribution in [-0.2, 0) is 43.5 Å². The molecular formula is C27H36O10. The summed E-state index contributed by atoms with van der Waals surface area (Å²) in [6, 6.07) is 3.30. The number of hydrogen-bond donors (Lipinski definition) is 2. The van der Waals surface area contributed by atoms with Crippen molar-refractivity contribution in [3.8, 4) is 5.75 Å². The van der Waals surface area contributed by atoms with Crippen molar-refractivity contribution in [3.05, 3.63) is 28.8 Å². The van der Waals surface area contributed by atoms with Gasteiger partial charge < -0.3 is 29.2 Å². The summed E-state index contributed by atoms with van der Waals surface area (Å²) in [4.78, 5) is 50.1. The van der Waals surface area contributed by atoms with Crippen LogP contribution >= 0.6 is 0 Å². The molecule has 2 aliphatic rings. The van der Waals surface area contributed by atoms with E-state index in [2.05, 4.69) is 0 Å². The highest BCUT2D eigenvalue weighted by atomic mass is 16.6. The molecule has 0 aromatic heterocycles. The van der Waals surface area contributed by atoms with E-state index in [0.29, 0.717) is 5.56 Å². The zero-order valence-corrected chi connectivity index (χ0v) is 22.5. The second-order valence-corrected chi connectivity index (χ2v) is 10.6. The van der Waals surface area contributed by atoms with E-state index in [0.717, 1.165) is 5.56 Å². The first-order valence-corrected chi connectivity index (χ1v) is 12.3. The number of carbonyl (C=O) groups is 4. The number of hydrogen-bond acceptors (Lipinski definition) is 10. The average Bonchev–Trinajstić information content (AvgIpc) is 2.78. The molecule has 1 saturated carbocycles. The Morgan fingerprint density at radius 1 is 0.946 bits per heavy atom. The molecule has 1 aromatic carbocycles. The third kappa shape index (κ3) is 4.56. The van der Waals surface area contributed by atoms with Gasteiger partial charge in [0.25, 0.3) is 0 Å². The van der Waals surface area contributed by atoms with Crippen LogP contribution in [-0.4, -0.2) is 59.5 Å². The van der Waals surface area contributed by atoms with Crippen LogP contribution in [0.3, 0.4) is 0 Å². The average molecular weight is 521 g/mol. The van der Waals surface area contributed by atoms with Gasteiger partial charge in [-0.1, -0.05) is 26.8 Å². The molecule has 2 N–H and O–H groups in total. The van der Waals surface area contributed by atoms with Crippen molar-refractivity contribution in [1.29, 1.82) is 0 Å². The summed E-state index contributed by atoms with van der Waals surface area (Å²) in [5.41, 5.74) is -1.76. The fraction of sp³-hybridized carbons (Fsp3) is 0.630. The molecule has 0 spiro atoms. The third-order valence-electron chi connectivity index (χ3n) is 7.94. The first kappa shape index (κ1) is 28.4. The topological polar surface area (TPSA) is 146 Å². The van der Waals surface area contributed by atoms with E-state index < -0.39 is 65.0 Å². The van der Waals surface area contributed by atoms with Gasteiger partial charge in [0.05, 0.1) is 7.11 Å². The van der Waals surface area contributed by atoms with E-state index in [1.54, 1.807) is 19.1 Å². The lowest BCUT2D eigenvalue weighted by Gasteiger charge is -2.61. The number of aliphatic hydroxyl groups is 1. The van der Waals surface area contributed by atoms with Crippen molar-refractivity contribution in [2.75, 3.05) is 7.11 Å². The van der Waals surface area contributed by atoms with Crippen LogP contribution in [0, 0.1) is 11.3 Å². The summed E-state index contributed by atoms with van der Waals surface area (Å²) < 4.78 is 22.1. The van der Waals surface area contributed by atoms with Crippen LogP contribution in [0.15, 0.2) is 12.1 Å². The first-order chi connectivity index (χ1) is 17.1. The van der Waals surface area contributed by atoms with Gasteiger partial charge in [0.2, 0.25) is 0 Å². The highest BCUT2D eigenvalue weighted by Gasteiger charge is 2.71. The lowest BCUT2D eigenvalue weighted by atomic mass is 9.46. The van der Waals surface area contributed by atoms with E-state index in [1.165, 1.54) is 34.8 Å². The van der Waals surface area contributed by atoms with Crippen molar-refractivity contribution >= 4 is 23.9 Å². The van der Waals surface area contributed by atoms with Gasteiger partial charge in [-0.05, 0) is 30.0 Å². The molecule has 0 aliphatic heterocycles. The second kappa shape index (κ2) is 9.96. The molecule has 1 fully saturated rings. The number of aromatic hydroxyl groups is 1. The van der Waals surface area contributed by atoms with Gasteiger partial charge in [0.15, 0.2) is 0 Å². The molecule has 10 nitrogen and oxygen atoms in total. The van der Waals surface area contributed by atoms with E-state index in [1.807, 2.05) is 13.8 Å². The minimum Gasteiger partial charge on any atom is -0.508 e. The lowest BCUT2D eigenvalue weighted by Crippen LogP contribution is -2.70. The largest absolute Gasteiger partial charge is 0.508 e. The predicted molar refractivity (Wildman–Crippen MR) is 129 cm³/mol. The number of ether oxygens (including phenoxy) is 4. The molecule has 0 amide bonds. The van der Waals surface area contributed by atoms with Gasteiger partial charge in [-0.3, -0.25) is 19.2 Å². The molecule has 3 rings (SSSR count). The van der Waals surface area contributed by atoms with Crippen molar-refractivity contribution in [2.45, 2.75) is 90.6 Å². The highest BCUT2D eigenvalue weighted by Crippen LogP contribution is 2.63. The Bertz CT molecular complexity index is 1110. The van der Waals surface area contributed by atoms with Gasteiger partial charge >= 0.3 is 23.9 Å². The molecule has 204 valence electrons. The van der Waals surface area contributed by atoms with Crippen LogP contribution in [0.25, 0.3) is 0 Å². The second-order valence-electron chi connectivity index (χ2n) is 10.6. The van der Waals surface area contributed by atoms with Gasteiger partial charge in [0.1, 0.15) is 35.6 Å². The smallest absolute Gasteiger partial charge is 0.315 e. The quantitative estimate of drug-likeness (QED) is 0.439. The van der Waals surface area contributed by atoms with Crippen LogP contribution in [0.4, 0.5) is 0 Å². The Morgan fingerprint density at radius 3 is 1.97 bits per heavy atom. The van der Waals surface area contributed by atoms with E-state index in [4.69, 9.17) is 18.9 Å². The molecule has 0 saturated heterocycles. The van der Waals surface area contributed by atoms with Gasteiger partial charge in [0, 0.05) is 44.1 Å². The molecule has 10 heteroatoms. The maximum Gasteiger partial charge on any atom is 0.315 e. The Labute approximate surface area is 216 Å². The van der Waals surface area contributed by atoms with Crippen molar-refractivity contribution in [3.63, 3.8) is 0 Å². The van der Waals surface area contributed by atoms with Gasteiger partial charge in [-0.25, -0.2) is 0 Å². The summed E-state index contributed by atoms with van der Waals surface area (Å²) in [6.07, 6.45) is -5.09. The lowest BCUT2D eigenvalue weighted by molar-refractivity contribution is -0.229. The zero-order chi connectivity index (χ0) is 28.0. The summed E-state index contributed by atoms with van der Waals surface area (Å²) in [5.74, 6) is -4.13. The number of methoxy groups -OCH3 is 1. The van der Waals surface area contributed by atoms with Crippen LogP contribution in [0.2, 0.25) is 0 Å².